The summed E-state index contributed by atoms with van der Waals surface area (Å²) >= 11 is 1.59. The SMILES string of the molecule is Cc1csc(-c2cccc(C(=O)NC(C)(CN)CC(C)C)c2)n1. The third kappa shape index (κ3) is 4.62. The summed E-state index contributed by atoms with van der Waals surface area (Å²) in [5.74, 6) is 0.377. The molecule has 0 bridgehead atoms. The molecule has 1 heterocycles. The molecule has 0 aliphatic carbocycles. The number of benzene rings is 1. The van der Waals surface area contributed by atoms with Gasteiger partial charge in [-0.05, 0) is 38.3 Å². The quantitative estimate of drug-likeness (QED) is 0.849. The average molecular weight is 331 g/mol. The van der Waals surface area contributed by atoms with Crippen LogP contribution in [0.5, 0.6) is 0 Å². The zero-order chi connectivity index (χ0) is 17.0. The molecule has 1 aromatic carbocycles. The van der Waals surface area contributed by atoms with Crippen molar-refractivity contribution >= 4 is 17.2 Å². The molecule has 2 rings (SSSR count). The van der Waals surface area contributed by atoms with Crippen molar-refractivity contribution in [2.45, 2.75) is 39.7 Å². The highest BCUT2D eigenvalue weighted by Gasteiger charge is 2.26. The number of hydrogen-bond donors (Lipinski definition) is 2. The van der Waals surface area contributed by atoms with E-state index in [4.69, 9.17) is 5.73 Å². The van der Waals surface area contributed by atoms with E-state index in [-0.39, 0.29) is 11.4 Å². The highest BCUT2D eigenvalue weighted by molar-refractivity contribution is 7.13. The van der Waals surface area contributed by atoms with Gasteiger partial charge >= 0.3 is 0 Å². The molecule has 1 unspecified atom stereocenters. The summed E-state index contributed by atoms with van der Waals surface area (Å²) < 4.78 is 0. The molecule has 4 nitrogen and oxygen atoms in total. The fraction of sp³-hybridized carbons (Fsp3) is 0.444. The van der Waals surface area contributed by atoms with Crippen LogP contribution in [0, 0.1) is 12.8 Å². The molecule has 0 aliphatic rings. The highest BCUT2D eigenvalue weighted by Crippen LogP contribution is 2.24. The Hall–Kier alpha value is -1.72. The number of nitrogens with zero attached hydrogens (tertiary/aromatic N) is 1. The van der Waals surface area contributed by atoms with Crippen LogP contribution in [0.4, 0.5) is 0 Å². The molecular formula is C18H25N3OS. The first-order valence-corrected chi connectivity index (χ1v) is 8.76. The van der Waals surface area contributed by atoms with Gasteiger partial charge in [0.25, 0.3) is 5.91 Å². The van der Waals surface area contributed by atoms with Gasteiger partial charge in [0.15, 0.2) is 0 Å². The van der Waals surface area contributed by atoms with Crippen molar-refractivity contribution in [1.29, 1.82) is 0 Å². The summed E-state index contributed by atoms with van der Waals surface area (Å²) in [5, 5.41) is 6.04. The molecule has 2 aromatic rings. The molecule has 23 heavy (non-hydrogen) atoms. The van der Waals surface area contributed by atoms with E-state index in [0.29, 0.717) is 18.0 Å². The molecule has 0 fully saturated rings. The van der Waals surface area contributed by atoms with Crippen molar-refractivity contribution in [3.05, 3.63) is 40.9 Å². The van der Waals surface area contributed by atoms with E-state index in [1.807, 2.05) is 43.5 Å². The standard InChI is InChI=1S/C18H25N3OS/c1-12(2)9-18(4,11-19)21-16(22)14-6-5-7-15(8-14)17-20-13(3)10-23-17/h5-8,10,12H,9,11,19H2,1-4H3,(H,21,22). The van der Waals surface area contributed by atoms with E-state index in [9.17, 15) is 4.79 Å². The van der Waals surface area contributed by atoms with E-state index in [0.717, 1.165) is 22.7 Å². The largest absolute Gasteiger partial charge is 0.346 e. The van der Waals surface area contributed by atoms with Gasteiger partial charge in [0.05, 0.1) is 0 Å². The van der Waals surface area contributed by atoms with E-state index in [1.165, 1.54) is 0 Å². The molecule has 0 saturated heterocycles. The van der Waals surface area contributed by atoms with Gasteiger partial charge in [0, 0.05) is 34.3 Å². The van der Waals surface area contributed by atoms with Crippen LogP contribution in [0.2, 0.25) is 0 Å². The van der Waals surface area contributed by atoms with E-state index in [1.54, 1.807) is 11.3 Å². The fourth-order valence-corrected chi connectivity index (χ4v) is 3.51. The topological polar surface area (TPSA) is 68.0 Å². The van der Waals surface area contributed by atoms with Crippen LogP contribution < -0.4 is 11.1 Å². The van der Waals surface area contributed by atoms with Crippen LogP contribution in [-0.4, -0.2) is 23.0 Å². The fourth-order valence-electron chi connectivity index (χ4n) is 2.71. The van der Waals surface area contributed by atoms with Crippen LogP contribution in [0.25, 0.3) is 10.6 Å². The van der Waals surface area contributed by atoms with Crippen molar-refractivity contribution in [3.8, 4) is 10.6 Å². The minimum absolute atomic E-state index is 0.0891. The summed E-state index contributed by atoms with van der Waals surface area (Å²) in [6.07, 6.45) is 0.848. The zero-order valence-corrected chi connectivity index (χ0v) is 15.0. The molecule has 1 aromatic heterocycles. The van der Waals surface area contributed by atoms with E-state index in [2.05, 4.69) is 24.1 Å². The summed E-state index contributed by atoms with van der Waals surface area (Å²) in [6, 6.07) is 7.58. The van der Waals surface area contributed by atoms with Gasteiger partial charge in [-0.3, -0.25) is 4.79 Å². The summed E-state index contributed by atoms with van der Waals surface area (Å²) in [4.78, 5) is 17.1. The predicted octanol–water partition coefficient (Wildman–Crippen LogP) is 3.61. The first-order valence-electron chi connectivity index (χ1n) is 7.88. The number of carbonyl (C=O) groups excluding carboxylic acids is 1. The van der Waals surface area contributed by atoms with Gasteiger partial charge in [0.1, 0.15) is 5.01 Å². The van der Waals surface area contributed by atoms with E-state index >= 15 is 0 Å². The molecule has 3 N–H and O–H groups in total. The Morgan fingerprint density at radius 1 is 1.43 bits per heavy atom. The maximum Gasteiger partial charge on any atom is 0.251 e. The maximum atomic E-state index is 12.6. The lowest BCUT2D eigenvalue weighted by atomic mass is 9.90. The molecule has 1 atom stereocenters. The monoisotopic (exact) mass is 331 g/mol. The Kier molecular flexibility index (Phi) is 5.55. The number of thiazole rings is 1. The minimum Gasteiger partial charge on any atom is -0.346 e. The number of aromatic nitrogens is 1. The number of aryl methyl sites for hydroxylation is 1. The van der Waals surface area contributed by atoms with Gasteiger partial charge in [-0.1, -0.05) is 26.0 Å². The number of carbonyl (C=O) groups is 1. The second-order valence-corrected chi connectivity index (χ2v) is 7.55. The molecule has 0 radical (unpaired) electrons. The van der Waals surface area contributed by atoms with Crippen molar-refractivity contribution in [1.82, 2.24) is 10.3 Å². The van der Waals surface area contributed by atoms with Crippen molar-refractivity contribution in [3.63, 3.8) is 0 Å². The second kappa shape index (κ2) is 7.23. The van der Waals surface area contributed by atoms with Crippen LogP contribution in [-0.2, 0) is 0 Å². The summed E-state index contributed by atoms with van der Waals surface area (Å²) in [7, 11) is 0. The van der Waals surface area contributed by atoms with Crippen LogP contribution >= 0.6 is 11.3 Å². The number of rotatable bonds is 6. The Balaban J connectivity index is 2.19. The first-order chi connectivity index (χ1) is 10.8. The lowest BCUT2D eigenvalue weighted by Gasteiger charge is -2.31. The lowest BCUT2D eigenvalue weighted by Crippen LogP contribution is -2.52. The molecule has 0 spiro atoms. The Morgan fingerprint density at radius 3 is 2.74 bits per heavy atom. The molecule has 0 saturated carbocycles. The Labute approximate surface area is 142 Å². The smallest absolute Gasteiger partial charge is 0.251 e. The lowest BCUT2D eigenvalue weighted by molar-refractivity contribution is 0.0898. The Bertz CT molecular complexity index is 680. The summed E-state index contributed by atoms with van der Waals surface area (Å²) in [6.45, 7) is 8.65. The van der Waals surface area contributed by atoms with Crippen molar-refractivity contribution < 1.29 is 4.79 Å². The highest BCUT2D eigenvalue weighted by atomic mass is 32.1. The zero-order valence-electron chi connectivity index (χ0n) is 14.2. The number of nitrogens with two attached hydrogens (primary N) is 1. The van der Waals surface area contributed by atoms with Crippen molar-refractivity contribution in [2.24, 2.45) is 11.7 Å². The van der Waals surface area contributed by atoms with Gasteiger partial charge in [-0.2, -0.15) is 0 Å². The predicted molar refractivity (Wildman–Crippen MR) is 96.7 cm³/mol. The minimum atomic E-state index is -0.390. The van der Waals surface area contributed by atoms with Crippen LogP contribution in [0.15, 0.2) is 29.6 Å². The third-order valence-electron chi connectivity index (χ3n) is 3.72. The average Bonchev–Trinajstić information content (AvgIpc) is 2.93. The number of nitrogens with one attached hydrogen (secondary N) is 1. The Morgan fingerprint density at radius 2 is 2.17 bits per heavy atom. The summed E-state index contributed by atoms with van der Waals surface area (Å²) in [5.41, 5.74) is 8.09. The van der Waals surface area contributed by atoms with E-state index < -0.39 is 0 Å². The number of hydrogen-bond acceptors (Lipinski definition) is 4. The van der Waals surface area contributed by atoms with Crippen LogP contribution in [0.3, 0.4) is 0 Å². The van der Waals surface area contributed by atoms with Gasteiger partial charge < -0.3 is 11.1 Å². The normalized spacial score (nSPS) is 13.8. The molecule has 5 heteroatoms. The van der Waals surface area contributed by atoms with Crippen LogP contribution in [0.1, 0.15) is 43.2 Å². The molecule has 124 valence electrons. The molecule has 0 aliphatic heterocycles. The van der Waals surface area contributed by atoms with Gasteiger partial charge in [0.2, 0.25) is 0 Å². The van der Waals surface area contributed by atoms with Gasteiger partial charge in [-0.15, -0.1) is 11.3 Å². The number of amides is 1. The first kappa shape index (κ1) is 17.6. The van der Waals surface area contributed by atoms with Gasteiger partial charge in [-0.25, -0.2) is 4.98 Å². The molecular weight excluding hydrogens is 306 g/mol. The maximum absolute atomic E-state index is 12.6. The second-order valence-electron chi connectivity index (χ2n) is 6.69. The molecule has 1 amide bonds. The third-order valence-corrected chi connectivity index (χ3v) is 4.72. The van der Waals surface area contributed by atoms with Crippen molar-refractivity contribution in [2.75, 3.05) is 6.54 Å².